The number of fused-ring (bicyclic) bond motifs is 1. The molecular weight excluding hydrogens is 724 g/mol. The molecule has 8 rings (SSSR count). The fourth-order valence-electron chi connectivity index (χ4n) is 7.80. The summed E-state index contributed by atoms with van der Waals surface area (Å²) in [7, 11) is 0. The number of ether oxygens (including phenoxy) is 2. The molecule has 2 saturated heterocycles. The van der Waals surface area contributed by atoms with Crippen molar-refractivity contribution in [2.45, 2.75) is 57.0 Å². The van der Waals surface area contributed by atoms with Gasteiger partial charge in [-0.05, 0) is 82.6 Å². The largest absolute Gasteiger partial charge is 0.392 e. The van der Waals surface area contributed by atoms with Gasteiger partial charge in [0.15, 0.2) is 6.29 Å². The van der Waals surface area contributed by atoms with Gasteiger partial charge in [-0.15, -0.1) is 0 Å². The van der Waals surface area contributed by atoms with E-state index in [0.717, 1.165) is 57.6 Å². The lowest BCUT2D eigenvalue weighted by Crippen LogP contribution is -2.49. The molecule has 4 unspecified atom stereocenters. The lowest BCUT2D eigenvalue weighted by atomic mass is 9.84. The molecule has 0 aliphatic carbocycles. The van der Waals surface area contributed by atoms with Crippen molar-refractivity contribution in [1.29, 1.82) is 0 Å². The number of nitrogens with one attached hydrogen (secondary N) is 1. The van der Waals surface area contributed by atoms with Crippen LogP contribution in [0.1, 0.15) is 70.5 Å². The van der Waals surface area contributed by atoms with Crippen molar-refractivity contribution in [2.24, 2.45) is 5.92 Å². The lowest BCUT2D eigenvalue weighted by Gasteiger charge is -2.45. The van der Waals surface area contributed by atoms with E-state index in [4.69, 9.17) is 21.1 Å². The maximum absolute atomic E-state index is 13.0. The highest BCUT2D eigenvalue weighted by atomic mass is 35.5. The van der Waals surface area contributed by atoms with Gasteiger partial charge in [0.1, 0.15) is 5.69 Å². The summed E-state index contributed by atoms with van der Waals surface area (Å²) in [4.78, 5) is 24.2. The van der Waals surface area contributed by atoms with Crippen LogP contribution in [0.15, 0.2) is 128 Å². The monoisotopic (exact) mass is 768 g/mol. The van der Waals surface area contributed by atoms with Crippen LogP contribution in [0.5, 0.6) is 0 Å². The Morgan fingerprint density at radius 2 is 1.55 bits per heavy atom. The van der Waals surface area contributed by atoms with Gasteiger partial charge >= 0.3 is 0 Å². The standard InChI is InChI=1S/C46H45ClN4O5/c1-30-42(28-51-22-20-46(54,21-23-51)37-16-18-38(47)19-17-37)55-45(56-43(30)33-14-12-31(29-52)13-15-33)36-9-5-8-35(25-36)34-7-4-6-32(24-34)26-49-44(53)41-27-48-39-10-2-3-11-40(39)50-41/h2-19,24-25,27,30,42-43,45,52,54H,20-23,26,28-29H2,1H3,(H,49,53). The first-order valence-corrected chi connectivity index (χ1v) is 19.5. The number of amides is 1. The Bertz CT molecular complexity index is 2290. The van der Waals surface area contributed by atoms with Crippen molar-refractivity contribution in [3.63, 3.8) is 0 Å². The highest BCUT2D eigenvalue weighted by Gasteiger charge is 2.41. The van der Waals surface area contributed by atoms with Gasteiger partial charge in [-0.25, -0.2) is 4.98 Å². The molecule has 0 bridgehead atoms. The van der Waals surface area contributed by atoms with E-state index in [-0.39, 0.29) is 36.3 Å². The molecule has 56 heavy (non-hydrogen) atoms. The smallest absolute Gasteiger partial charge is 0.271 e. The summed E-state index contributed by atoms with van der Waals surface area (Å²) in [6, 6.07) is 39.3. The molecule has 6 aromatic rings. The molecule has 1 aromatic heterocycles. The number of hydrogen-bond acceptors (Lipinski definition) is 8. The number of aromatic nitrogens is 2. The van der Waals surface area contributed by atoms with Crippen LogP contribution in [0.3, 0.4) is 0 Å². The average molecular weight is 769 g/mol. The minimum absolute atomic E-state index is 0.0213. The van der Waals surface area contributed by atoms with Crippen LogP contribution in [-0.4, -0.2) is 56.7 Å². The van der Waals surface area contributed by atoms with E-state index < -0.39 is 11.9 Å². The summed E-state index contributed by atoms with van der Waals surface area (Å²) < 4.78 is 13.6. The topological polar surface area (TPSA) is 117 Å². The van der Waals surface area contributed by atoms with Crippen LogP contribution >= 0.6 is 11.6 Å². The van der Waals surface area contributed by atoms with Gasteiger partial charge in [0.2, 0.25) is 0 Å². The Kier molecular flexibility index (Phi) is 11.2. The zero-order valence-corrected chi connectivity index (χ0v) is 32.0. The molecule has 2 aliphatic heterocycles. The molecule has 2 aliphatic rings. The van der Waals surface area contributed by atoms with E-state index in [1.54, 1.807) is 0 Å². The van der Waals surface area contributed by atoms with Crippen LogP contribution in [0, 0.1) is 5.92 Å². The molecule has 2 fully saturated rings. The van der Waals surface area contributed by atoms with Crippen molar-refractivity contribution in [2.75, 3.05) is 19.6 Å². The van der Waals surface area contributed by atoms with E-state index in [2.05, 4.69) is 51.4 Å². The summed E-state index contributed by atoms with van der Waals surface area (Å²) in [5, 5.41) is 24.9. The van der Waals surface area contributed by atoms with Crippen molar-refractivity contribution in [3.05, 3.63) is 166 Å². The Morgan fingerprint density at radius 3 is 2.30 bits per heavy atom. The number of carbonyl (C=O) groups excluding carboxylic acids is 1. The molecule has 286 valence electrons. The van der Waals surface area contributed by atoms with Crippen molar-refractivity contribution >= 4 is 28.5 Å². The fourth-order valence-corrected chi connectivity index (χ4v) is 7.93. The van der Waals surface area contributed by atoms with Crippen LogP contribution in [-0.2, 0) is 28.2 Å². The van der Waals surface area contributed by atoms with Gasteiger partial charge in [0.05, 0.1) is 41.6 Å². The number of halogens is 1. The van der Waals surface area contributed by atoms with Crippen molar-refractivity contribution in [3.8, 4) is 11.1 Å². The minimum atomic E-state index is -0.891. The second kappa shape index (κ2) is 16.6. The summed E-state index contributed by atoms with van der Waals surface area (Å²) in [6.45, 7) is 4.64. The number of para-hydroxylation sites is 2. The van der Waals surface area contributed by atoms with Gasteiger partial charge in [-0.1, -0.05) is 103 Å². The number of likely N-dealkylation sites (tertiary alicyclic amines) is 1. The number of rotatable bonds is 10. The number of hydrogen-bond donors (Lipinski definition) is 3. The highest BCUT2D eigenvalue weighted by molar-refractivity contribution is 6.30. The lowest BCUT2D eigenvalue weighted by molar-refractivity contribution is -0.277. The Hall–Kier alpha value is -5.00. The third-order valence-electron chi connectivity index (χ3n) is 11.2. The Balaban J connectivity index is 0.986. The van der Waals surface area contributed by atoms with E-state index in [1.807, 2.05) is 97.1 Å². The fraction of sp³-hybridized carbons (Fsp3) is 0.283. The summed E-state index contributed by atoms with van der Waals surface area (Å²) >= 11 is 6.12. The number of nitrogens with zero attached hydrogens (tertiary/aromatic N) is 3. The SMILES string of the molecule is CC1C(CN2CCC(O)(c3ccc(Cl)cc3)CC2)OC(c2cccc(-c3cccc(CNC(=O)c4cnc5ccccc5n4)c3)c2)OC1c1ccc(CO)cc1. The normalized spacial score (nSPS) is 21.1. The number of aliphatic hydroxyl groups is 2. The molecule has 4 atom stereocenters. The molecule has 0 radical (unpaired) electrons. The second-order valence-corrected chi connectivity index (χ2v) is 15.3. The van der Waals surface area contributed by atoms with Crippen molar-refractivity contribution in [1.82, 2.24) is 20.2 Å². The molecule has 5 aromatic carbocycles. The Labute approximate surface area is 331 Å². The van der Waals surface area contributed by atoms with Crippen molar-refractivity contribution < 1.29 is 24.5 Å². The number of benzene rings is 5. The van der Waals surface area contributed by atoms with E-state index in [0.29, 0.717) is 36.5 Å². The van der Waals surface area contributed by atoms with Gasteiger partial charge < -0.3 is 29.9 Å². The number of piperidine rings is 1. The van der Waals surface area contributed by atoms with Gasteiger partial charge in [-0.2, -0.15) is 0 Å². The van der Waals surface area contributed by atoms with Crippen LogP contribution in [0.4, 0.5) is 0 Å². The molecule has 0 spiro atoms. The third kappa shape index (κ3) is 8.39. The maximum Gasteiger partial charge on any atom is 0.271 e. The first-order valence-electron chi connectivity index (χ1n) is 19.2. The molecule has 9 nitrogen and oxygen atoms in total. The molecule has 3 heterocycles. The van der Waals surface area contributed by atoms with E-state index in [1.165, 1.54) is 6.20 Å². The summed E-state index contributed by atoms with van der Waals surface area (Å²) in [5.74, 6) is -0.257. The highest BCUT2D eigenvalue weighted by Crippen LogP contribution is 2.43. The number of carbonyl (C=O) groups is 1. The quantitative estimate of drug-likeness (QED) is 0.128. The molecule has 1 amide bonds. The third-order valence-corrected chi connectivity index (χ3v) is 11.4. The molecule has 3 N–H and O–H groups in total. The molecule has 0 saturated carbocycles. The Morgan fingerprint density at radius 1 is 0.839 bits per heavy atom. The predicted molar refractivity (Wildman–Crippen MR) is 217 cm³/mol. The minimum Gasteiger partial charge on any atom is -0.392 e. The average Bonchev–Trinajstić information content (AvgIpc) is 3.24. The summed E-state index contributed by atoms with van der Waals surface area (Å²) in [6.07, 6.45) is 1.71. The van der Waals surface area contributed by atoms with Gasteiger partial charge in [0.25, 0.3) is 5.91 Å². The van der Waals surface area contributed by atoms with Gasteiger partial charge in [-0.3, -0.25) is 9.78 Å². The number of aliphatic hydroxyl groups excluding tert-OH is 1. The zero-order valence-electron chi connectivity index (χ0n) is 31.2. The maximum atomic E-state index is 13.0. The predicted octanol–water partition coefficient (Wildman–Crippen LogP) is 8.15. The van der Waals surface area contributed by atoms with E-state index in [9.17, 15) is 15.0 Å². The van der Waals surface area contributed by atoms with E-state index >= 15 is 0 Å². The van der Waals surface area contributed by atoms with Crippen LogP contribution in [0.2, 0.25) is 5.02 Å². The second-order valence-electron chi connectivity index (χ2n) is 14.9. The first-order chi connectivity index (χ1) is 27.2. The van der Waals surface area contributed by atoms with Crippen LogP contribution in [0.25, 0.3) is 22.2 Å². The zero-order chi connectivity index (χ0) is 38.6. The van der Waals surface area contributed by atoms with Crippen LogP contribution < -0.4 is 5.32 Å². The molecular formula is C46H45ClN4O5. The first kappa shape index (κ1) is 37.9. The molecule has 10 heteroatoms. The van der Waals surface area contributed by atoms with Gasteiger partial charge in [0, 0.05) is 42.7 Å². The summed E-state index contributed by atoms with van der Waals surface area (Å²) in [5.41, 5.74) is 7.43.